The molecule has 0 aromatic carbocycles. The SMILES string of the molecule is CCCN1CCC(CC(=O)NCc2cc(=O)[nH]c(C)n2)CC1. The third-order valence-corrected chi connectivity index (χ3v) is 4.10. The lowest BCUT2D eigenvalue weighted by atomic mass is 9.93. The minimum atomic E-state index is -0.181. The first kappa shape index (κ1) is 16.7. The van der Waals surface area contributed by atoms with Crippen LogP contribution in [-0.4, -0.2) is 40.4 Å². The topological polar surface area (TPSA) is 78.1 Å². The van der Waals surface area contributed by atoms with Crippen LogP contribution in [-0.2, 0) is 11.3 Å². The number of hydrogen-bond donors (Lipinski definition) is 2. The summed E-state index contributed by atoms with van der Waals surface area (Å²) in [6.07, 6.45) is 3.95. The molecule has 0 aliphatic carbocycles. The molecule has 1 saturated heterocycles. The fraction of sp³-hybridized carbons (Fsp3) is 0.688. The van der Waals surface area contributed by atoms with E-state index in [1.54, 1.807) is 6.92 Å². The van der Waals surface area contributed by atoms with Crippen molar-refractivity contribution in [2.45, 2.75) is 46.1 Å². The second kappa shape index (κ2) is 8.08. The highest BCUT2D eigenvalue weighted by molar-refractivity contribution is 5.76. The minimum absolute atomic E-state index is 0.0497. The van der Waals surface area contributed by atoms with E-state index in [2.05, 4.69) is 27.1 Å². The van der Waals surface area contributed by atoms with Crippen molar-refractivity contribution in [3.63, 3.8) is 0 Å². The highest BCUT2D eigenvalue weighted by Gasteiger charge is 2.20. The first-order valence-corrected chi connectivity index (χ1v) is 8.12. The van der Waals surface area contributed by atoms with E-state index in [9.17, 15) is 9.59 Å². The molecule has 1 aromatic rings. The maximum Gasteiger partial charge on any atom is 0.251 e. The first-order valence-electron chi connectivity index (χ1n) is 8.12. The molecule has 0 atom stereocenters. The van der Waals surface area contributed by atoms with Crippen LogP contribution in [0.3, 0.4) is 0 Å². The highest BCUT2D eigenvalue weighted by Crippen LogP contribution is 2.20. The molecule has 0 spiro atoms. The van der Waals surface area contributed by atoms with Crippen molar-refractivity contribution in [2.75, 3.05) is 19.6 Å². The van der Waals surface area contributed by atoms with Crippen LogP contribution in [0.1, 0.15) is 44.1 Å². The first-order chi connectivity index (χ1) is 10.6. The van der Waals surface area contributed by atoms with Crippen molar-refractivity contribution in [2.24, 2.45) is 5.92 Å². The monoisotopic (exact) mass is 306 g/mol. The van der Waals surface area contributed by atoms with Gasteiger partial charge in [0.25, 0.3) is 5.56 Å². The zero-order valence-electron chi connectivity index (χ0n) is 13.5. The number of aromatic amines is 1. The summed E-state index contributed by atoms with van der Waals surface area (Å²) in [5, 5.41) is 2.87. The van der Waals surface area contributed by atoms with E-state index in [1.165, 1.54) is 12.5 Å². The molecule has 2 rings (SSSR count). The second-order valence-electron chi connectivity index (χ2n) is 6.09. The Morgan fingerprint density at radius 3 is 2.82 bits per heavy atom. The van der Waals surface area contributed by atoms with Gasteiger partial charge >= 0.3 is 0 Å². The zero-order chi connectivity index (χ0) is 15.9. The van der Waals surface area contributed by atoms with Crippen molar-refractivity contribution in [3.8, 4) is 0 Å². The number of carbonyl (C=O) groups excluding carboxylic acids is 1. The summed E-state index contributed by atoms with van der Waals surface area (Å²) in [5.41, 5.74) is 0.424. The van der Waals surface area contributed by atoms with Gasteiger partial charge in [-0.15, -0.1) is 0 Å². The van der Waals surface area contributed by atoms with E-state index in [1.807, 2.05) is 0 Å². The third-order valence-electron chi connectivity index (χ3n) is 4.10. The Bertz CT molecular complexity index is 547. The summed E-state index contributed by atoms with van der Waals surface area (Å²) in [5.74, 6) is 1.09. The maximum absolute atomic E-state index is 12.0. The van der Waals surface area contributed by atoms with Crippen molar-refractivity contribution in [1.29, 1.82) is 0 Å². The summed E-state index contributed by atoms with van der Waals surface area (Å²) >= 11 is 0. The number of carbonyl (C=O) groups is 1. The summed E-state index contributed by atoms with van der Waals surface area (Å²) in [6, 6.07) is 1.43. The van der Waals surface area contributed by atoms with E-state index < -0.39 is 0 Å². The number of hydrogen-bond acceptors (Lipinski definition) is 4. The average molecular weight is 306 g/mol. The summed E-state index contributed by atoms with van der Waals surface area (Å²) in [7, 11) is 0. The maximum atomic E-state index is 12.0. The molecule has 2 heterocycles. The molecule has 1 aliphatic heterocycles. The Hall–Kier alpha value is -1.69. The van der Waals surface area contributed by atoms with Crippen LogP contribution in [0.5, 0.6) is 0 Å². The quantitative estimate of drug-likeness (QED) is 0.828. The van der Waals surface area contributed by atoms with Crippen LogP contribution in [0.15, 0.2) is 10.9 Å². The van der Waals surface area contributed by atoms with Gasteiger partial charge in [-0.1, -0.05) is 6.92 Å². The molecule has 122 valence electrons. The Morgan fingerprint density at radius 2 is 2.18 bits per heavy atom. The molecule has 2 N–H and O–H groups in total. The van der Waals surface area contributed by atoms with Gasteiger partial charge < -0.3 is 15.2 Å². The summed E-state index contributed by atoms with van der Waals surface area (Å²) in [4.78, 5) is 32.6. The van der Waals surface area contributed by atoms with Crippen LogP contribution in [0.4, 0.5) is 0 Å². The Kier molecular flexibility index (Phi) is 6.12. The Morgan fingerprint density at radius 1 is 1.45 bits per heavy atom. The predicted octanol–water partition coefficient (Wildman–Crippen LogP) is 1.21. The van der Waals surface area contributed by atoms with Gasteiger partial charge in [-0.25, -0.2) is 4.98 Å². The third kappa shape index (κ3) is 5.26. The predicted molar refractivity (Wildman–Crippen MR) is 85.5 cm³/mol. The number of aryl methyl sites for hydroxylation is 1. The lowest BCUT2D eigenvalue weighted by Gasteiger charge is -2.31. The molecule has 0 unspecified atom stereocenters. The van der Waals surface area contributed by atoms with Crippen LogP contribution in [0.2, 0.25) is 0 Å². The molecule has 1 fully saturated rings. The van der Waals surface area contributed by atoms with Gasteiger partial charge in [0.15, 0.2) is 0 Å². The average Bonchev–Trinajstić information content (AvgIpc) is 2.47. The van der Waals surface area contributed by atoms with Crippen LogP contribution in [0.25, 0.3) is 0 Å². The summed E-state index contributed by atoms with van der Waals surface area (Å²) < 4.78 is 0. The van der Waals surface area contributed by atoms with Crippen molar-refractivity contribution >= 4 is 5.91 Å². The lowest BCUT2D eigenvalue weighted by molar-refractivity contribution is -0.122. The fourth-order valence-corrected chi connectivity index (χ4v) is 2.99. The number of nitrogens with one attached hydrogen (secondary N) is 2. The van der Waals surface area contributed by atoms with E-state index in [-0.39, 0.29) is 11.5 Å². The molecule has 0 radical (unpaired) electrons. The molecule has 22 heavy (non-hydrogen) atoms. The lowest BCUT2D eigenvalue weighted by Crippen LogP contribution is -2.36. The number of amides is 1. The van der Waals surface area contributed by atoms with Crippen LogP contribution < -0.4 is 10.9 Å². The van der Waals surface area contributed by atoms with Crippen LogP contribution >= 0.6 is 0 Å². The van der Waals surface area contributed by atoms with Crippen LogP contribution in [0, 0.1) is 12.8 Å². The fourth-order valence-electron chi connectivity index (χ4n) is 2.99. The van der Waals surface area contributed by atoms with Crippen molar-refractivity contribution < 1.29 is 4.79 Å². The Balaban J connectivity index is 1.73. The molecule has 0 bridgehead atoms. The van der Waals surface area contributed by atoms with E-state index in [4.69, 9.17) is 0 Å². The second-order valence-corrected chi connectivity index (χ2v) is 6.09. The Labute approximate surface area is 131 Å². The van der Waals surface area contributed by atoms with Gasteiger partial charge in [0.1, 0.15) is 5.82 Å². The minimum Gasteiger partial charge on any atom is -0.350 e. The largest absolute Gasteiger partial charge is 0.350 e. The normalized spacial score (nSPS) is 16.6. The van der Waals surface area contributed by atoms with Gasteiger partial charge in [0, 0.05) is 12.5 Å². The van der Waals surface area contributed by atoms with Crippen molar-refractivity contribution in [1.82, 2.24) is 20.2 Å². The molecule has 1 aliphatic rings. The van der Waals surface area contributed by atoms with Crippen molar-refractivity contribution in [3.05, 3.63) is 27.9 Å². The van der Waals surface area contributed by atoms with Gasteiger partial charge in [-0.05, 0) is 51.7 Å². The number of aromatic nitrogens is 2. The molecular formula is C16H26N4O2. The van der Waals surface area contributed by atoms with E-state index in [0.717, 1.165) is 32.5 Å². The van der Waals surface area contributed by atoms with Gasteiger partial charge in [0.2, 0.25) is 5.91 Å². The smallest absolute Gasteiger partial charge is 0.251 e. The highest BCUT2D eigenvalue weighted by atomic mass is 16.1. The molecule has 1 amide bonds. The number of likely N-dealkylation sites (tertiary alicyclic amines) is 1. The molecule has 6 heteroatoms. The number of H-pyrrole nitrogens is 1. The number of rotatable bonds is 6. The molecule has 6 nitrogen and oxygen atoms in total. The standard InChI is InChI=1S/C16H26N4O2/c1-3-6-20-7-4-13(5-8-20)9-15(21)17-11-14-10-16(22)19-12(2)18-14/h10,13H,3-9,11H2,1-2H3,(H,17,21)(H,18,19,22). The molecule has 0 saturated carbocycles. The number of piperidine rings is 1. The summed E-state index contributed by atoms with van der Waals surface area (Å²) in [6.45, 7) is 7.60. The van der Waals surface area contributed by atoms with Gasteiger partial charge in [-0.3, -0.25) is 9.59 Å². The van der Waals surface area contributed by atoms with E-state index in [0.29, 0.717) is 30.4 Å². The molecular weight excluding hydrogens is 280 g/mol. The number of nitrogens with zero attached hydrogens (tertiary/aromatic N) is 2. The van der Waals surface area contributed by atoms with E-state index >= 15 is 0 Å². The van der Waals surface area contributed by atoms with Gasteiger partial charge in [0.05, 0.1) is 12.2 Å². The zero-order valence-corrected chi connectivity index (χ0v) is 13.5. The van der Waals surface area contributed by atoms with Gasteiger partial charge in [-0.2, -0.15) is 0 Å². The molecule has 1 aromatic heterocycles.